The molecule has 1 rings (SSSR count). The van der Waals surface area contributed by atoms with Crippen LogP contribution in [0.25, 0.3) is 0 Å². The first-order valence-electron chi connectivity index (χ1n) is 7.79. The van der Waals surface area contributed by atoms with Gasteiger partial charge in [-0.1, -0.05) is 13.8 Å². The molecule has 1 aliphatic rings. The molecule has 0 aliphatic carbocycles. The summed E-state index contributed by atoms with van der Waals surface area (Å²) in [4.78, 5) is 24.6. The Morgan fingerprint density at radius 2 is 1.90 bits per heavy atom. The monoisotopic (exact) mass is 300 g/mol. The molecule has 1 atom stereocenters. The molecule has 0 saturated carbocycles. The second-order valence-electron chi connectivity index (χ2n) is 5.98. The lowest BCUT2D eigenvalue weighted by atomic mass is 10.0. The van der Waals surface area contributed by atoms with E-state index in [0.717, 1.165) is 32.7 Å². The molecule has 0 radical (unpaired) electrons. The first-order valence-corrected chi connectivity index (χ1v) is 7.79. The van der Waals surface area contributed by atoms with Gasteiger partial charge < -0.3 is 15.2 Å². The third kappa shape index (κ3) is 8.02. The number of nitrogens with one attached hydrogen (secondary N) is 1. The molecule has 0 bridgehead atoms. The fourth-order valence-corrected chi connectivity index (χ4v) is 2.57. The van der Waals surface area contributed by atoms with Crippen molar-refractivity contribution in [1.29, 1.82) is 0 Å². The predicted octanol–water partition coefficient (Wildman–Crippen LogP) is 1.10. The first kappa shape index (κ1) is 17.9. The Bertz CT molecular complexity index is 328. The number of carbonyl (C=O) groups is 2. The lowest BCUT2D eigenvalue weighted by Gasteiger charge is -2.35. The van der Waals surface area contributed by atoms with Crippen LogP contribution < -0.4 is 5.32 Å². The van der Waals surface area contributed by atoms with Gasteiger partial charge in [0.05, 0.1) is 13.2 Å². The van der Waals surface area contributed by atoms with Gasteiger partial charge in [0.25, 0.3) is 0 Å². The average molecular weight is 300 g/mol. The molecule has 2 N–H and O–H groups in total. The Morgan fingerprint density at radius 1 is 1.24 bits per heavy atom. The van der Waals surface area contributed by atoms with E-state index < -0.39 is 5.97 Å². The van der Waals surface area contributed by atoms with Crippen LogP contribution in [0.1, 0.15) is 39.5 Å². The molecule has 1 heterocycles. The number of morpholine rings is 1. The van der Waals surface area contributed by atoms with Crippen LogP contribution in [-0.4, -0.2) is 60.8 Å². The van der Waals surface area contributed by atoms with Gasteiger partial charge in [0.15, 0.2) is 0 Å². The molecule has 0 aromatic heterocycles. The Kier molecular flexibility index (Phi) is 8.30. The average Bonchev–Trinajstić information content (AvgIpc) is 2.43. The van der Waals surface area contributed by atoms with E-state index in [1.54, 1.807) is 0 Å². The fraction of sp³-hybridized carbons (Fsp3) is 0.867. The smallest absolute Gasteiger partial charge is 0.303 e. The summed E-state index contributed by atoms with van der Waals surface area (Å²) in [5, 5.41) is 11.5. The van der Waals surface area contributed by atoms with Crippen molar-refractivity contribution < 1.29 is 19.4 Å². The van der Waals surface area contributed by atoms with E-state index in [2.05, 4.69) is 24.1 Å². The molecule has 122 valence electrons. The predicted molar refractivity (Wildman–Crippen MR) is 80.1 cm³/mol. The summed E-state index contributed by atoms with van der Waals surface area (Å²) in [6, 6.07) is 0.331. The Hall–Kier alpha value is -1.14. The van der Waals surface area contributed by atoms with Crippen LogP contribution in [0.15, 0.2) is 0 Å². The number of carboxylic acid groups (broad SMARTS) is 1. The number of hydrogen-bond donors (Lipinski definition) is 2. The summed E-state index contributed by atoms with van der Waals surface area (Å²) < 4.78 is 5.37. The highest BCUT2D eigenvalue weighted by Crippen LogP contribution is 2.13. The summed E-state index contributed by atoms with van der Waals surface area (Å²) in [5.74, 6) is -0.339. The molecule has 1 saturated heterocycles. The maximum absolute atomic E-state index is 11.8. The molecule has 21 heavy (non-hydrogen) atoms. The van der Waals surface area contributed by atoms with Crippen molar-refractivity contribution in [3.8, 4) is 0 Å². The van der Waals surface area contributed by atoms with E-state index in [0.29, 0.717) is 24.9 Å². The van der Waals surface area contributed by atoms with Crippen LogP contribution in [0.5, 0.6) is 0 Å². The SMILES string of the molecule is CC(C)CC(CNC(=O)CCCC(=O)O)N1CCOCC1. The van der Waals surface area contributed by atoms with E-state index in [-0.39, 0.29) is 18.7 Å². The number of hydrogen-bond acceptors (Lipinski definition) is 4. The number of ether oxygens (including phenoxy) is 1. The van der Waals surface area contributed by atoms with Gasteiger partial charge in [-0.25, -0.2) is 0 Å². The molecule has 1 aliphatic heterocycles. The molecule has 0 aromatic rings. The van der Waals surface area contributed by atoms with Gasteiger partial charge in [0.2, 0.25) is 5.91 Å². The number of amides is 1. The highest BCUT2D eigenvalue weighted by atomic mass is 16.5. The van der Waals surface area contributed by atoms with E-state index in [1.165, 1.54) is 0 Å². The minimum Gasteiger partial charge on any atom is -0.481 e. The zero-order chi connectivity index (χ0) is 15.7. The quantitative estimate of drug-likeness (QED) is 0.667. The largest absolute Gasteiger partial charge is 0.481 e. The molecule has 1 amide bonds. The van der Waals surface area contributed by atoms with Gasteiger partial charge >= 0.3 is 5.97 Å². The molecule has 1 unspecified atom stereocenters. The van der Waals surface area contributed by atoms with Crippen LogP contribution in [-0.2, 0) is 14.3 Å². The summed E-state index contributed by atoms with van der Waals surface area (Å²) in [6.45, 7) is 8.31. The van der Waals surface area contributed by atoms with Crippen molar-refractivity contribution in [2.75, 3.05) is 32.8 Å². The van der Waals surface area contributed by atoms with Gasteiger partial charge in [0.1, 0.15) is 0 Å². The number of nitrogens with zero attached hydrogens (tertiary/aromatic N) is 1. The van der Waals surface area contributed by atoms with E-state index in [1.807, 2.05) is 0 Å². The molecular weight excluding hydrogens is 272 g/mol. The maximum atomic E-state index is 11.8. The Morgan fingerprint density at radius 3 is 2.48 bits per heavy atom. The van der Waals surface area contributed by atoms with Gasteiger partial charge in [0, 0.05) is 38.5 Å². The standard InChI is InChI=1S/C15H28N2O4/c1-12(2)10-13(17-6-8-21-9-7-17)11-16-14(18)4-3-5-15(19)20/h12-13H,3-11H2,1-2H3,(H,16,18)(H,19,20). The third-order valence-corrected chi connectivity index (χ3v) is 3.63. The summed E-state index contributed by atoms with van der Waals surface area (Å²) >= 11 is 0. The van der Waals surface area contributed by atoms with Gasteiger partial charge in [-0.05, 0) is 18.8 Å². The third-order valence-electron chi connectivity index (χ3n) is 3.63. The molecule has 0 spiro atoms. The minimum atomic E-state index is -0.853. The Balaban J connectivity index is 2.34. The number of aliphatic carboxylic acids is 1. The van der Waals surface area contributed by atoms with Gasteiger partial charge in [-0.3, -0.25) is 14.5 Å². The van der Waals surface area contributed by atoms with Crippen LogP contribution in [0.3, 0.4) is 0 Å². The molecule has 6 nitrogen and oxygen atoms in total. The van der Waals surface area contributed by atoms with Crippen molar-refractivity contribution in [3.63, 3.8) is 0 Å². The van der Waals surface area contributed by atoms with Crippen LogP contribution in [0.4, 0.5) is 0 Å². The second-order valence-corrected chi connectivity index (χ2v) is 5.98. The van der Waals surface area contributed by atoms with Crippen LogP contribution in [0, 0.1) is 5.92 Å². The number of rotatable bonds is 9. The summed E-state index contributed by atoms with van der Waals surface area (Å²) in [5.41, 5.74) is 0. The van der Waals surface area contributed by atoms with E-state index in [9.17, 15) is 9.59 Å². The van der Waals surface area contributed by atoms with Crippen molar-refractivity contribution in [1.82, 2.24) is 10.2 Å². The highest BCUT2D eigenvalue weighted by molar-refractivity contribution is 5.76. The number of carboxylic acids is 1. The lowest BCUT2D eigenvalue weighted by molar-refractivity contribution is -0.137. The zero-order valence-electron chi connectivity index (χ0n) is 13.1. The van der Waals surface area contributed by atoms with Crippen molar-refractivity contribution in [2.45, 2.75) is 45.6 Å². The highest BCUT2D eigenvalue weighted by Gasteiger charge is 2.22. The molecule has 6 heteroatoms. The number of carbonyl (C=O) groups excluding carboxylic acids is 1. The minimum absolute atomic E-state index is 0.0479. The molecule has 0 aromatic carbocycles. The van der Waals surface area contributed by atoms with E-state index >= 15 is 0 Å². The summed E-state index contributed by atoms with van der Waals surface area (Å²) in [7, 11) is 0. The van der Waals surface area contributed by atoms with E-state index in [4.69, 9.17) is 9.84 Å². The van der Waals surface area contributed by atoms with Crippen molar-refractivity contribution in [2.24, 2.45) is 5.92 Å². The Labute approximate surface area is 126 Å². The van der Waals surface area contributed by atoms with Crippen LogP contribution >= 0.6 is 0 Å². The van der Waals surface area contributed by atoms with Crippen molar-refractivity contribution >= 4 is 11.9 Å². The van der Waals surface area contributed by atoms with Gasteiger partial charge in [-0.2, -0.15) is 0 Å². The topological polar surface area (TPSA) is 78.9 Å². The molecular formula is C15H28N2O4. The maximum Gasteiger partial charge on any atom is 0.303 e. The normalized spacial score (nSPS) is 17.7. The second kappa shape index (κ2) is 9.73. The molecule has 1 fully saturated rings. The first-order chi connectivity index (χ1) is 9.99. The van der Waals surface area contributed by atoms with Gasteiger partial charge in [-0.15, -0.1) is 0 Å². The van der Waals surface area contributed by atoms with Crippen LogP contribution in [0.2, 0.25) is 0 Å². The zero-order valence-corrected chi connectivity index (χ0v) is 13.1. The fourth-order valence-electron chi connectivity index (χ4n) is 2.57. The van der Waals surface area contributed by atoms with Crippen molar-refractivity contribution in [3.05, 3.63) is 0 Å². The lowest BCUT2D eigenvalue weighted by Crippen LogP contribution is -2.49. The summed E-state index contributed by atoms with van der Waals surface area (Å²) in [6.07, 6.45) is 1.76.